The van der Waals surface area contributed by atoms with Crippen LogP contribution in [0, 0.1) is 20.2 Å². The van der Waals surface area contributed by atoms with Gasteiger partial charge in [-0.1, -0.05) is 43.5 Å². The van der Waals surface area contributed by atoms with Gasteiger partial charge in [0.1, 0.15) is 0 Å². The van der Waals surface area contributed by atoms with Crippen molar-refractivity contribution in [3.05, 3.63) is 74.8 Å². The Balaban J connectivity index is 1.68. The molecule has 0 heterocycles. The Labute approximate surface area is 178 Å². The van der Waals surface area contributed by atoms with Gasteiger partial charge in [0.25, 0.3) is 5.69 Å². The first-order valence-electron chi connectivity index (χ1n) is 10.2. The van der Waals surface area contributed by atoms with Crippen LogP contribution in [0.25, 0.3) is 10.8 Å². The van der Waals surface area contributed by atoms with Gasteiger partial charge in [-0.05, 0) is 31.0 Å². The standard InChI is InChI=1S/C22H21N5O4/c28-26(29)16-10-11-21(22(14-16)27(30)31)25-24-20-13-12-19(17-8-4-5-9-18(17)20)23-15-6-2-1-3-7-15/h4-5,8-15,23H,1-3,6-7H2. The Morgan fingerprint density at radius 3 is 2.19 bits per heavy atom. The van der Waals surface area contributed by atoms with E-state index in [1.807, 2.05) is 36.4 Å². The van der Waals surface area contributed by atoms with E-state index in [1.54, 1.807) is 0 Å². The Hall–Kier alpha value is -3.88. The van der Waals surface area contributed by atoms with Gasteiger partial charge >= 0.3 is 5.69 Å². The average molecular weight is 419 g/mol. The molecule has 0 aliphatic heterocycles. The van der Waals surface area contributed by atoms with Gasteiger partial charge in [-0.2, -0.15) is 0 Å². The van der Waals surface area contributed by atoms with Crippen molar-refractivity contribution in [1.82, 2.24) is 0 Å². The maximum atomic E-state index is 11.3. The van der Waals surface area contributed by atoms with Gasteiger partial charge in [0, 0.05) is 28.6 Å². The highest BCUT2D eigenvalue weighted by atomic mass is 16.6. The molecular weight excluding hydrogens is 398 g/mol. The van der Waals surface area contributed by atoms with Crippen LogP contribution in [0.15, 0.2) is 64.8 Å². The van der Waals surface area contributed by atoms with Gasteiger partial charge < -0.3 is 5.32 Å². The lowest BCUT2D eigenvalue weighted by molar-refractivity contribution is -0.393. The smallest absolute Gasteiger partial charge is 0.303 e. The normalized spacial score (nSPS) is 14.7. The molecule has 0 atom stereocenters. The first-order chi connectivity index (χ1) is 15.0. The van der Waals surface area contributed by atoms with Crippen molar-refractivity contribution in [2.24, 2.45) is 10.2 Å². The highest BCUT2D eigenvalue weighted by Gasteiger charge is 2.20. The van der Waals surface area contributed by atoms with Gasteiger partial charge in [-0.25, -0.2) is 0 Å². The van der Waals surface area contributed by atoms with Gasteiger partial charge in [0.05, 0.1) is 21.6 Å². The molecule has 1 fully saturated rings. The van der Waals surface area contributed by atoms with E-state index in [0.717, 1.165) is 35.4 Å². The second-order valence-corrected chi connectivity index (χ2v) is 7.54. The van der Waals surface area contributed by atoms with E-state index < -0.39 is 15.5 Å². The highest BCUT2D eigenvalue weighted by Crippen LogP contribution is 2.36. The molecule has 0 amide bonds. The van der Waals surface area contributed by atoms with Gasteiger partial charge in [-0.15, -0.1) is 10.2 Å². The van der Waals surface area contributed by atoms with Crippen molar-refractivity contribution in [2.75, 3.05) is 5.32 Å². The largest absolute Gasteiger partial charge is 0.382 e. The number of nitrogens with one attached hydrogen (secondary N) is 1. The van der Waals surface area contributed by atoms with Crippen molar-refractivity contribution >= 4 is 39.2 Å². The number of benzene rings is 3. The molecule has 9 nitrogen and oxygen atoms in total. The van der Waals surface area contributed by atoms with Crippen LogP contribution in [0.1, 0.15) is 32.1 Å². The minimum Gasteiger partial charge on any atom is -0.382 e. The third-order valence-electron chi connectivity index (χ3n) is 5.50. The molecule has 31 heavy (non-hydrogen) atoms. The van der Waals surface area contributed by atoms with Crippen molar-refractivity contribution in [2.45, 2.75) is 38.1 Å². The fourth-order valence-corrected chi connectivity index (χ4v) is 3.93. The summed E-state index contributed by atoms with van der Waals surface area (Å²) < 4.78 is 0. The van der Waals surface area contributed by atoms with Crippen LogP contribution in [-0.2, 0) is 0 Å². The summed E-state index contributed by atoms with van der Waals surface area (Å²) in [6.07, 6.45) is 6.05. The molecule has 0 bridgehead atoms. The van der Waals surface area contributed by atoms with Crippen molar-refractivity contribution in [1.29, 1.82) is 0 Å². The zero-order chi connectivity index (χ0) is 21.8. The second kappa shape index (κ2) is 8.86. The fourth-order valence-electron chi connectivity index (χ4n) is 3.93. The molecular formula is C22H21N5O4. The quantitative estimate of drug-likeness (QED) is 0.267. The minimum absolute atomic E-state index is 0.0379. The Morgan fingerprint density at radius 1 is 0.806 bits per heavy atom. The molecule has 9 heteroatoms. The summed E-state index contributed by atoms with van der Waals surface area (Å²) in [5, 5.41) is 36.0. The number of nitro groups is 2. The zero-order valence-corrected chi connectivity index (χ0v) is 16.7. The summed E-state index contributed by atoms with van der Waals surface area (Å²) in [5.41, 5.74) is 0.733. The van der Waals surface area contributed by atoms with Gasteiger partial charge in [-0.3, -0.25) is 20.2 Å². The number of non-ortho nitro benzene ring substituents is 1. The number of hydrogen-bond donors (Lipinski definition) is 1. The number of azo groups is 1. The number of nitro benzene ring substituents is 2. The fraction of sp³-hybridized carbons (Fsp3) is 0.273. The maximum absolute atomic E-state index is 11.3. The molecule has 3 aromatic rings. The zero-order valence-electron chi connectivity index (χ0n) is 16.7. The van der Waals surface area contributed by atoms with Crippen LogP contribution >= 0.6 is 0 Å². The first kappa shape index (κ1) is 20.4. The van der Waals surface area contributed by atoms with Crippen LogP contribution in [0.3, 0.4) is 0 Å². The van der Waals surface area contributed by atoms with Crippen LogP contribution in [0.5, 0.6) is 0 Å². The number of hydrogen-bond acceptors (Lipinski definition) is 7. The molecule has 1 aliphatic rings. The lowest BCUT2D eigenvalue weighted by Gasteiger charge is -2.24. The molecule has 0 spiro atoms. The molecule has 4 rings (SSSR count). The van der Waals surface area contributed by atoms with E-state index in [1.165, 1.54) is 31.4 Å². The van der Waals surface area contributed by atoms with E-state index in [2.05, 4.69) is 15.5 Å². The number of nitrogens with zero attached hydrogens (tertiary/aromatic N) is 4. The lowest BCUT2D eigenvalue weighted by Crippen LogP contribution is -2.22. The van der Waals surface area contributed by atoms with Crippen molar-refractivity contribution in [3.8, 4) is 0 Å². The lowest BCUT2D eigenvalue weighted by atomic mass is 9.95. The Kier molecular flexibility index (Phi) is 5.83. The molecule has 0 aromatic heterocycles. The molecule has 158 valence electrons. The van der Waals surface area contributed by atoms with Crippen molar-refractivity contribution < 1.29 is 9.85 Å². The number of fused-ring (bicyclic) bond motifs is 1. The number of rotatable bonds is 6. The molecule has 3 aromatic carbocycles. The monoisotopic (exact) mass is 419 g/mol. The second-order valence-electron chi connectivity index (χ2n) is 7.54. The number of anilines is 1. The molecule has 1 N–H and O–H groups in total. The van der Waals surface area contributed by atoms with Gasteiger partial charge in [0.15, 0.2) is 5.69 Å². The predicted octanol–water partition coefficient (Wildman–Crippen LogP) is 6.82. The van der Waals surface area contributed by atoms with E-state index in [0.29, 0.717) is 11.7 Å². The van der Waals surface area contributed by atoms with Crippen LogP contribution < -0.4 is 5.32 Å². The molecule has 0 unspecified atom stereocenters. The Morgan fingerprint density at radius 2 is 1.48 bits per heavy atom. The van der Waals surface area contributed by atoms with E-state index >= 15 is 0 Å². The molecule has 1 aliphatic carbocycles. The molecule has 1 saturated carbocycles. The Bertz CT molecular complexity index is 1170. The third kappa shape index (κ3) is 4.50. The third-order valence-corrected chi connectivity index (χ3v) is 5.50. The van der Waals surface area contributed by atoms with Crippen molar-refractivity contribution in [3.63, 3.8) is 0 Å². The minimum atomic E-state index is -0.698. The summed E-state index contributed by atoms with van der Waals surface area (Å²) >= 11 is 0. The molecule has 0 radical (unpaired) electrons. The topological polar surface area (TPSA) is 123 Å². The van der Waals surface area contributed by atoms with Crippen LogP contribution in [0.4, 0.5) is 28.4 Å². The van der Waals surface area contributed by atoms with E-state index in [9.17, 15) is 20.2 Å². The summed E-state index contributed by atoms with van der Waals surface area (Å²) in [7, 11) is 0. The summed E-state index contributed by atoms with van der Waals surface area (Å²) in [5.74, 6) is 0. The average Bonchev–Trinajstić information content (AvgIpc) is 2.79. The summed E-state index contributed by atoms with van der Waals surface area (Å²) in [6, 6.07) is 15.3. The highest BCUT2D eigenvalue weighted by molar-refractivity contribution is 6.00. The maximum Gasteiger partial charge on any atom is 0.303 e. The summed E-state index contributed by atoms with van der Waals surface area (Å²) in [4.78, 5) is 20.9. The van der Waals surface area contributed by atoms with Gasteiger partial charge in [0.2, 0.25) is 0 Å². The molecule has 0 saturated heterocycles. The van der Waals surface area contributed by atoms with Crippen LogP contribution in [0.2, 0.25) is 0 Å². The predicted molar refractivity (Wildman–Crippen MR) is 118 cm³/mol. The van der Waals surface area contributed by atoms with Crippen LogP contribution in [-0.4, -0.2) is 15.9 Å². The first-order valence-corrected chi connectivity index (χ1v) is 10.2. The summed E-state index contributed by atoms with van der Waals surface area (Å²) in [6.45, 7) is 0. The van der Waals surface area contributed by atoms with E-state index in [4.69, 9.17) is 0 Å². The SMILES string of the molecule is O=[N+]([O-])c1ccc(N=Nc2ccc(NC3CCCCC3)c3ccccc23)c([N+](=O)[O-])c1. The van der Waals surface area contributed by atoms with E-state index in [-0.39, 0.29) is 11.4 Å².